The van der Waals surface area contributed by atoms with Gasteiger partial charge in [0.2, 0.25) is 5.91 Å². The number of benzene rings is 1. The first-order chi connectivity index (χ1) is 11.8. The van der Waals surface area contributed by atoms with Crippen molar-refractivity contribution in [1.29, 1.82) is 0 Å². The van der Waals surface area contributed by atoms with Crippen LogP contribution in [0.5, 0.6) is 5.75 Å². The van der Waals surface area contributed by atoms with Crippen LogP contribution in [0.4, 0.5) is 0 Å². The minimum atomic E-state index is -0.0570. The molecule has 0 saturated heterocycles. The number of nitrogens with one attached hydrogen (secondary N) is 1. The lowest BCUT2D eigenvalue weighted by Crippen LogP contribution is -2.25. The summed E-state index contributed by atoms with van der Waals surface area (Å²) in [6, 6.07) is 7.73. The molecule has 2 aromatic heterocycles. The van der Waals surface area contributed by atoms with Gasteiger partial charge in [-0.25, -0.2) is 9.50 Å². The Hall–Kier alpha value is -2.96. The van der Waals surface area contributed by atoms with Crippen LogP contribution in [0.2, 0.25) is 0 Å². The standard InChI is InChI=1S/C17H17N5O2/c23-16(10-12-4-5-14-13(9-12)3-1-8-24-14)19-11-15-20-17-18-6-2-7-22(17)21-15/h2,4-7,9H,1,3,8,10-11H2,(H,19,23). The number of rotatable bonds is 4. The Labute approximate surface area is 138 Å². The summed E-state index contributed by atoms with van der Waals surface area (Å²) in [6.45, 7) is 1.06. The van der Waals surface area contributed by atoms with E-state index in [4.69, 9.17) is 4.74 Å². The van der Waals surface area contributed by atoms with Crippen molar-refractivity contribution in [2.75, 3.05) is 6.61 Å². The van der Waals surface area contributed by atoms with Crippen molar-refractivity contribution in [3.05, 3.63) is 53.6 Å². The van der Waals surface area contributed by atoms with Gasteiger partial charge in [0, 0.05) is 12.4 Å². The molecule has 1 aliphatic rings. The Morgan fingerprint density at radius 3 is 3.25 bits per heavy atom. The average Bonchev–Trinajstić information content (AvgIpc) is 3.03. The van der Waals surface area contributed by atoms with Crippen LogP contribution >= 0.6 is 0 Å². The van der Waals surface area contributed by atoms with E-state index in [0.717, 1.165) is 30.8 Å². The molecule has 0 spiro atoms. The second-order valence-corrected chi connectivity index (χ2v) is 5.74. The molecule has 1 N–H and O–H groups in total. The molecule has 1 aliphatic heterocycles. The number of nitrogens with zero attached hydrogens (tertiary/aromatic N) is 4. The zero-order valence-corrected chi connectivity index (χ0v) is 13.1. The second kappa shape index (κ2) is 6.27. The van der Waals surface area contributed by atoms with Crippen molar-refractivity contribution in [1.82, 2.24) is 24.9 Å². The van der Waals surface area contributed by atoms with Gasteiger partial charge in [-0.1, -0.05) is 12.1 Å². The Balaban J connectivity index is 1.38. The van der Waals surface area contributed by atoms with Crippen LogP contribution in [-0.4, -0.2) is 32.1 Å². The molecular formula is C17H17N5O2. The largest absolute Gasteiger partial charge is 0.493 e. The molecule has 0 fully saturated rings. The lowest BCUT2D eigenvalue weighted by atomic mass is 10.0. The van der Waals surface area contributed by atoms with Gasteiger partial charge in [-0.2, -0.15) is 4.98 Å². The van der Waals surface area contributed by atoms with Gasteiger partial charge in [0.25, 0.3) is 5.78 Å². The van der Waals surface area contributed by atoms with Crippen molar-refractivity contribution in [2.24, 2.45) is 0 Å². The topological polar surface area (TPSA) is 81.4 Å². The number of fused-ring (bicyclic) bond motifs is 2. The molecular weight excluding hydrogens is 306 g/mol. The fourth-order valence-corrected chi connectivity index (χ4v) is 2.80. The first-order valence-electron chi connectivity index (χ1n) is 7.95. The average molecular weight is 323 g/mol. The summed E-state index contributed by atoms with van der Waals surface area (Å²) in [6.07, 6.45) is 5.79. The van der Waals surface area contributed by atoms with Crippen LogP contribution in [0.3, 0.4) is 0 Å². The van der Waals surface area contributed by atoms with Crippen molar-refractivity contribution >= 4 is 11.7 Å². The van der Waals surface area contributed by atoms with E-state index in [0.29, 0.717) is 18.0 Å². The van der Waals surface area contributed by atoms with Crippen molar-refractivity contribution in [3.8, 4) is 5.75 Å². The summed E-state index contributed by atoms with van der Waals surface area (Å²) in [7, 11) is 0. The fourth-order valence-electron chi connectivity index (χ4n) is 2.80. The number of aromatic nitrogens is 4. The maximum atomic E-state index is 12.1. The predicted molar refractivity (Wildman–Crippen MR) is 86.6 cm³/mol. The summed E-state index contributed by atoms with van der Waals surface area (Å²) in [5.74, 6) is 1.95. The van der Waals surface area contributed by atoms with Gasteiger partial charge in [-0.05, 0) is 36.1 Å². The number of hydrogen-bond acceptors (Lipinski definition) is 5. The van der Waals surface area contributed by atoms with E-state index in [1.165, 1.54) is 5.56 Å². The third-order valence-electron chi connectivity index (χ3n) is 3.94. The minimum Gasteiger partial charge on any atom is -0.493 e. The molecule has 0 aliphatic carbocycles. The van der Waals surface area contributed by atoms with E-state index < -0.39 is 0 Å². The first kappa shape index (κ1) is 14.6. The molecule has 3 heterocycles. The highest BCUT2D eigenvalue weighted by atomic mass is 16.5. The Kier molecular flexibility index (Phi) is 3.82. The van der Waals surface area contributed by atoms with E-state index in [9.17, 15) is 4.79 Å². The maximum absolute atomic E-state index is 12.1. The summed E-state index contributed by atoms with van der Waals surface area (Å²) >= 11 is 0. The molecule has 4 rings (SSSR count). The number of ether oxygens (including phenoxy) is 1. The van der Waals surface area contributed by atoms with Gasteiger partial charge in [0.1, 0.15) is 5.75 Å². The molecule has 122 valence electrons. The molecule has 7 nitrogen and oxygen atoms in total. The summed E-state index contributed by atoms with van der Waals surface area (Å²) in [5.41, 5.74) is 2.17. The highest BCUT2D eigenvalue weighted by Gasteiger charge is 2.12. The normalized spacial score (nSPS) is 13.3. The molecule has 1 aromatic carbocycles. The third-order valence-corrected chi connectivity index (χ3v) is 3.94. The van der Waals surface area contributed by atoms with Crippen molar-refractivity contribution in [2.45, 2.75) is 25.8 Å². The molecule has 0 unspecified atom stereocenters. The highest BCUT2D eigenvalue weighted by molar-refractivity contribution is 5.78. The van der Waals surface area contributed by atoms with Crippen LogP contribution in [0, 0.1) is 0 Å². The zero-order chi connectivity index (χ0) is 16.4. The predicted octanol–water partition coefficient (Wildman–Crippen LogP) is 1.31. The van der Waals surface area contributed by atoms with E-state index >= 15 is 0 Å². The molecule has 7 heteroatoms. The third kappa shape index (κ3) is 3.05. The van der Waals surface area contributed by atoms with Crippen molar-refractivity contribution in [3.63, 3.8) is 0 Å². The molecule has 3 aromatic rings. The van der Waals surface area contributed by atoms with Gasteiger partial charge < -0.3 is 10.1 Å². The Morgan fingerprint density at radius 1 is 1.38 bits per heavy atom. The molecule has 0 radical (unpaired) electrons. The van der Waals surface area contributed by atoms with Gasteiger partial charge in [0.15, 0.2) is 5.82 Å². The Bertz CT molecular complexity index is 857. The number of hydrogen-bond donors (Lipinski definition) is 1. The van der Waals surface area contributed by atoms with Gasteiger partial charge >= 0.3 is 0 Å². The molecule has 0 atom stereocenters. The SMILES string of the molecule is O=C(Cc1ccc2c(c1)CCCO2)NCc1nc2ncccn2n1. The van der Waals surface area contributed by atoms with E-state index in [1.54, 1.807) is 23.0 Å². The fraction of sp³-hybridized carbons (Fsp3) is 0.294. The highest BCUT2D eigenvalue weighted by Crippen LogP contribution is 2.25. The molecule has 1 amide bonds. The molecule has 0 saturated carbocycles. The molecule has 24 heavy (non-hydrogen) atoms. The smallest absolute Gasteiger partial charge is 0.252 e. The summed E-state index contributed by atoms with van der Waals surface area (Å²) < 4.78 is 7.18. The van der Waals surface area contributed by atoms with Gasteiger partial charge in [0.05, 0.1) is 19.6 Å². The van der Waals surface area contributed by atoms with Crippen LogP contribution in [-0.2, 0) is 24.2 Å². The zero-order valence-electron chi connectivity index (χ0n) is 13.1. The first-order valence-corrected chi connectivity index (χ1v) is 7.95. The monoisotopic (exact) mass is 323 g/mol. The van der Waals surface area contributed by atoms with E-state index in [-0.39, 0.29) is 12.5 Å². The van der Waals surface area contributed by atoms with Crippen LogP contribution in [0.25, 0.3) is 5.78 Å². The summed E-state index contributed by atoms with van der Waals surface area (Å²) in [5, 5.41) is 7.11. The molecule has 0 bridgehead atoms. The summed E-state index contributed by atoms with van der Waals surface area (Å²) in [4.78, 5) is 20.5. The minimum absolute atomic E-state index is 0.0570. The van der Waals surface area contributed by atoms with Crippen LogP contribution in [0.15, 0.2) is 36.7 Å². The number of aryl methyl sites for hydroxylation is 1. The second-order valence-electron chi connectivity index (χ2n) is 5.74. The van der Waals surface area contributed by atoms with Crippen LogP contribution < -0.4 is 10.1 Å². The number of carbonyl (C=O) groups excluding carboxylic acids is 1. The van der Waals surface area contributed by atoms with Crippen molar-refractivity contribution < 1.29 is 9.53 Å². The lowest BCUT2D eigenvalue weighted by Gasteiger charge is -2.17. The number of carbonyl (C=O) groups is 1. The van der Waals surface area contributed by atoms with Gasteiger partial charge in [-0.3, -0.25) is 4.79 Å². The van der Waals surface area contributed by atoms with E-state index in [1.807, 2.05) is 12.1 Å². The van der Waals surface area contributed by atoms with Crippen LogP contribution in [0.1, 0.15) is 23.4 Å². The Morgan fingerprint density at radius 2 is 2.33 bits per heavy atom. The number of amides is 1. The van der Waals surface area contributed by atoms with Gasteiger partial charge in [-0.15, -0.1) is 5.10 Å². The van der Waals surface area contributed by atoms with E-state index in [2.05, 4.69) is 26.4 Å². The quantitative estimate of drug-likeness (QED) is 0.783. The lowest BCUT2D eigenvalue weighted by molar-refractivity contribution is -0.120. The maximum Gasteiger partial charge on any atom is 0.252 e.